The van der Waals surface area contributed by atoms with E-state index in [0.717, 1.165) is 16.6 Å². The molecule has 0 saturated heterocycles. The summed E-state index contributed by atoms with van der Waals surface area (Å²) in [7, 11) is 1.54. The van der Waals surface area contributed by atoms with Crippen molar-refractivity contribution in [1.82, 2.24) is 24.7 Å². The molecular formula is C26H20Cl2N6O3. The van der Waals surface area contributed by atoms with Crippen molar-refractivity contribution in [2.45, 2.75) is 13.5 Å². The zero-order chi connectivity index (χ0) is 26.1. The van der Waals surface area contributed by atoms with E-state index in [4.69, 9.17) is 38.0 Å². The van der Waals surface area contributed by atoms with Gasteiger partial charge in [0.05, 0.1) is 41.0 Å². The Morgan fingerprint density at radius 3 is 2.62 bits per heavy atom. The molecule has 186 valence electrons. The Morgan fingerprint density at radius 1 is 1.14 bits per heavy atom. The first-order valence-electron chi connectivity index (χ1n) is 11.1. The molecule has 11 heteroatoms. The second-order valence-electron chi connectivity index (χ2n) is 8.15. The van der Waals surface area contributed by atoms with Crippen molar-refractivity contribution in [1.29, 1.82) is 0 Å². The molecule has 2 aromatic carbocycles. The molecule has 9 nitrogen and oxygen atoms in total. The molecule has 0 atom stereocenters. The minimum atomic E-state index is -1.13. The molecule has 5 aromatic rings. The van der Waals surface area contributed by atoms with Gasteiger partial charge in [0.1, 0.15) is 5.69 Å². The Balaban J connectivity index is 1.62. The monoisotopic (exact) mass is 534 g/mol. The van der Waals surface area contributed by atoms with Crippen molar-refractivity contribution in [2.24, 2.45) is 0 Å². The summed E-state index contributed by atoms with van der Waals surface area (Å²) in [6.45, 7) is 1.89. The van der Waals surface area contributed by atoms with Crippen molar-refractivity contribution in [3.8, 4) is 17.3 Å². The van der Waals surface area contributed by atoms with Gasteiger partial charge in [-0.05, 0) is 36.8 Å². The van der Waals surface area contributed by atoms with E-state index in [9.17, 15) is 9.90 Å². The first-order chi connectivity index (χ1) is 17.9. The molecule has 0 aliphatic heterocycles. The van der Waals surface area contributed by atoms with Gasteiger partial charge in [-0.15, -0.1) is 0 Å². The molecule has 0 fully saturated rings. The number of fused-ring (bicyclic) bond motifs is 1. The lowest BCUT2D eigenvalue weighted by Gasteiger charge is -2.13. The lowest BCUT2D eigenvalue weighted by molar-refractivity contribution is 0.0697. The Morgan fingerprint density at radius 2 is 1.89 bits per heavy atom. The Labute approximate surface area is 221 Å². The topological polar surface area (TPSA) is 115 Å². The average molecular weight is 535 g/mol. The molecule has 0 saturated carbocycles. The van der Waals surface area contributed by atoms with Crippen LogP contribution in [-0.4, -0.2) is 42.9 Å². The van der Waals surface area contributed by atoms with E-state index in [1.165, 1.54) is 6.07 Å². The number of benzene rings is 2. The largest absolute Gasteiger partial charge is 0.491 e. The number of carboxylic acid groups (broad SMARTS) is 1. The number of nitrogens with one attached hydrogen (secondary N) is 1. The second-order valence-corrected chi connectivity index (χ2v) is 8.90. The molecule has 0 aliphatic carbocycles. The minimum absolute atomic E-state index is 0.0134. The number of nitrogens with zero attached hydrogens (tertiary/aromatic N) is 5. The summed E-state index contributed by atoms with van der Waals surface area (Å²) in [5, 5.41) is 18.9. The number of carbonyl (C=O) groups is 1. The van der Waals surface area contributed by atoms with E-state index in [1.54, 1.807) is 37.3 Å². The number of carboxylic acids is 1. The van der Waals surface area contributed by atoms with E-state index in [2.05, 4.69) is 15.3 Å². The molecule has 2 N–H and O–H groups in total. The van der Waals surface area contributed by atoms with E-state index < -0.39 is 5.97 Å². The van der Waals surface area contributed by atoms with Gasteiger partial charge in [0.15, 0.2) is 17.4 Å². The fourth-order valence-electron chi connectivity index (χ4n) is 3.99. The minimum Gasteiger partial charge on any atom is -0.491 e. The van der Waals surface area contributed by atoms with Crippen LogP contribution in [0.15, 0.2) is 61.1 Å². The van der Waals surface area contributed by atoms with Crippen LogP contribution in [0.25, 0.3) is 22.4 Å². The number of rotatable bonds is 7. The third-order valence-corrected chi connectivity index (χ3v) is 6.76. The van der Waals surface area contributed by atoms with Gasteiger partial charge in [0.2, 0.25) is 0 Å². The van der Waals surface area contributed by atoms with Crippen LogP contribution >= 0.6 is 23.2 Å². The molecule has 0 unspecified atom stereocenters. The lowest BCUT2D eigenvalue weighted by Crippen LogP contribution is -2.08. The van der Waals surface area contributed by atoms with Crippen molar-refractivity contribution < 1.29 is 14.6 Å². The maximum atomic E-state index is 11.7. The summed E-state index contributed by atoms with van der Waals surface area (Å²) in [5.41, 5.74) is 3.17. The molecule has 5 rings (SSSR count). The maximum Gasteiger partial charge on any atom is 0.337 e. The zero-order valence-electron chi connectivity index (χ0n) is 19.7. The first-order valence-corrected chi connectivity index (χ1v) is 11.9. The van der Waals surface area contributed by atoms with Gasteiger partial charge in [-0.3, -0.25) is 9.67 Å². The van der Waals surface area contributed by atoms with Crippen LogP contribution in [0.3, 0.4) is 0 Å². The standard InChI is InChI=1S/C26H20Cl2N6O3/c1-14-11-17(26(35)36)22(28)18(21(14)27)13-34-19-6-4-3-5-16(19)23(33-34)25-30-12-20(37-2)24(32-25)31-15-7-9-29-10-8-15/h3-12H,13H2,1-2H3,(H,35,36)(H,29,30,31,32). The molecule has 3 heterocycles. The number of ether oxygens (including phenoxy) is 1. The number of halogens is 2. The van der Waals surface area contributed by atoms with E-state index >= 15 is 0 Å². The van der Waals surface area contributed by atoms with E-state index in [1.807, 2.05) is 36.4 Å². The van der Waals surface area contributed by atoms with E-state index in [0.29, 0.717) is 39.2 Å². The number of aromatic carboxylic acids is 1. The fraction of sp³-hybridized carbons (Fsp3) is 0.115. The van der Waals surface area contributed by atoms with Gasteiger partial charge in [-0.25, -0.2) is 14.8 Å². The van der Waals surface area contributed by atoms with Crippen LogP contribution in [0.1, 0.15) is 21.5 Å². The van der Waals surface area contributed by atoms with Gasteiger partial charge in [-0.2, -0.15) is 5.10 Å². The summed E-state index contributed by atoms with van der Waals surface area (Å²) in [4.78, 5) is 24.9. The van der Waals surface area contributed by atoms with Crippen LogP contribution in [0.5, 0.6) is 5.75 Å². The van der Waals surface area contributed by atoms with Crippen LogP contribution in [0, 0.1) is 6.92 Å². The third-order valence-electron chi connectivity index (χ3n) is 5.80. The average Bonchev–Trinajstić information content (AvgIpc) is 3.27. The number of anilines is 2. The molecule has 0 bridgehead atoms. The Bertz CT molecular complexity index is 1640. The lowest BCUT2D eigenvalue weighted by atomic mass is 10.1. The van der Waals surface area contributed by atoms with Gasteiger partial charge in [-0.1, -0.05) is 41.4 Å². The van der Waals surface area contributed by atoms with Gasteiger partial charge >= 0.3 is 5.97 Å². The predicted molar refractivity (Wildman–Crippen MR) is 142 cm³/mol. The summed E-state index contributed by atoms with van der Waals surface area (Å²) >= 11 is 13.0. The zero-order valence-corrected chi connectivity index (χ0v) is 21.2. The summed E-state index contributed by atoms with van der Waals surface area (Å²) < 4.78 is 7.16. The Hall–Kier alpha value is -4.21. The van der Waals surface area contributed by atoms with Crippen molar-refractivity contribution in [3.05, 3.63) is 87.8 Å². The van der Waals surface area contributed by atoms with Crippen molar-refractivity contribution in [3.63, 3.8) is 0 Å². The number of para-hydroxylation sites is 1. The SMILES string of the molecule is COc1cnc(-c2nn(Cc3c(Cl)c(C)cc(C(=O)O)c3Cl)c3ccccc23)nc1Nc1ccncc1. The summed E-state index contributed by atoms with van der Waals surface area (Å²) in [6, 6.07) is 12.7. The Kier molecular flexibility index (Phi) is 6.64. The molecule has 0 aliphatic rings. The molecule has 0 radical (unpaired) electrons. The van der Waals surface area contributed by atoms with Crippen molar-refractivity contribution in [2.75, 3.05) is 12.4 Å². The quantitative estimate of drug-likeness (QED) is 0.261. The van der Waals surface area contributed by atoms with E-state index in [-0.39, 0.29) is 17.1 Å². The van der Waals surface area contributed by atoms with Crippen molar-refractivity contribution >= 4 is 51.6 Å². The highest BCUT2D eigenvalue weighted by Gasteiger charge is 2.22. The highest BCUT2D eigenvalue weighted by Crippen LogP contribution is 2.35. The third kappa shape index (κ3) is 4.66. The van der Waals surface area contributed by atoms with Crippen LogP contribution in [0.4, 0.5) is 11.5 Å². The van der Waals surface area contributed by atoms with Crippen LogP contribution in [0.2, 0.25) is 10.0 Å². The smallest absolute Gasteiger partial charge is 0.337 e. The predicted octanol–water partition coefficient (Wildman–Crippen LogP) is 6.00. The molecule has 37 heavy (non-hydrogen) atoms. The normalized spacial score (nSPS) is 11.0. The van der Waals surface area contributed by atoms with Gasteiger partial charge in [0.25, 0.3) is 0 Å². The molecule has 3 aromatic heterocycles. The van der Waals surface area contributed by atoms with Crippen LogP contribution < -0.4 is 10.1 Å². The number of hydrogen-bond donors (Lipinski definition) is 2. The number of aromatic nitrogens is 5. The van der Waals surface area contributed by atoms with Crippen LogP contribution in [-0.2, 0) is 6.54 Å². The fourth-order valence-corrected chi connectivity index (χ4v) is 4.54. The number of hydrogen-bond acceptors (Lipinski definition) is 7. The first kappa shape index (κ1) is 24.5. The highest BCUT2D eigenvalue weighted by atomic mass is 35.5. The highest BCUT2D eigenvalue weighted by molar-refractivity contribution is 6.38. The number of aryl methyl sites for hydroxylation is 1. The second kappa shape index (κ2) is 10.0. The number of methoxy groups -OCH3 is 1. The maximum absolute atomic E-state index is 11.7. The van der Waals surface area contributed by atoms with Gasteiger partial charge < -0.3 is 15.2 Å². The molecule has 0 amide bonds. The number of pyridine rings is 1. The molecular weight excluding hydrogens is 515 g/mol. The summed E-state index contributed by atoms with van der Waals surface area (Å²) in [6.07, 6.45) is 4.92. The van der Waals surface area contributed by atoms with Gasteiger partial charge in [0, 0.05) is 29.0 Å². The summed E-state index contributed by atoms with van der Waals surface area (Å²) in [5.74, 6) is 0.176. The molecule has 0 spiro atoms.